The van der Waals surface area contributed by atoms with Gasteiger partial charge in [0.2, 0.25) is 5.91 Å². The highest BCUT2D eigenvalue weighted by atomic mass is 35.5. The molecule has 5 heteroatoms. The van der Waals surface area contributed by atoms with Crippen LogP contribution < -0.4 is 5.32 Å². The molecular formula is C13H9ClN2OS. The van der Waals surface area contributed by atoms with Crippen LogP contribution in [0.25, 0.3) is 0 Å². The fraction of sp³-hybridized carbons (Fsp3) is 0.0769. The fourth-order valence-electron chi connectivity index (χ4n) is 1.88. The van der Waals surface area contributed by atoms with Crippen molar-refractivity contribution in [2.24, 2.45) is 4.99 Å². The topological polar surface area (TPSA) is 41.5 Å². The van der Waals surface area contributed by atoms with Gasteiger partial charge in [-0.25, -0.2) is 0 Å². The van der Waals surface area contributed by atoms with Gasteiger partial charge in [-0.1, -0.05) is 41.9 Å². The Hall–Kier alpha value is -1.65. The van der Waals surface area contributed by atoms with E-state index < -0.39 is 0 Å². The Balaban J connectivity index is 2.17. The monoisotopic (exact) mass is 276 g/mol. The van der Waals surface area contributed by atoms with Crippen LogP contribution in [0.5, 0.6) is 0 Å². The number of amides is 1. The van der Waals surface area contributed by atoms with Gasteiger partial charge in [-0.2, -0.15) is 0 Å². The molecule has 1 aromatic heterocycles. The van der Waals surface area contributed by atoms with E-state index in [1.54, 1.807) is 0 Å². The molecule has 0 fully saturated rings. The summed E-state index contributed by atoms with van der Waals surface area (Å²) >= 11 is 7.50. The Morgan fingerprint density at radius 2 is 2.06 bits per heavy atom. The minimum absolute atomic E-state index is 0.125. The molecule has 3 rings (SSSR count). The van der Waals surface area contributed by atoms with E-state index in [0.717, 1.165) is 16.8 Å². The smallest absolute Gasteiger partial charge is 0.246 e. The molecule has 0 saturated carbocycles. The molecule has 1 amide bonds. The molecule has 0 atom stereocenters. The number of benzene rings is 1. The zero-order valence-corrected chi connectivity index (χ0v) is 10.9. The van der Waals surface area contributed by atoms with Crippen LogP contribution in [-0.2, 0) is 4.79 Å². The van der Waals surface area contributed by atoms with Crippen molar-refractivity contribution in [1.29, 1.82) is 0 Å². The van der Waals surface area contributed by atoms with Crippen molar-refractivity contribution >= 4 is 40.2 Å². The SMILES string of the molecule is O=C1CN=C(c2ccccc2)c2csc(Cl)c2N1. The highest BCUT2D eigenvalue weighted by Gasteiger charge is 2.21. The van der Waals surface area contributed by atoms with E-state index in [1.807, 2.05) is 35.7 Å². The van der Waals surface area contributed by atoms with E-state index in [0.29, 0.717) is 10.0 Å². The number of nitrogens with zero attached hydrogens (tertiary/aromatic N) is 1. The summed E-state index contributed by atoms with van der Waals surface area (Å²) in [6.45, 7) is 0.125. The predicted octanol–water partition coefficient (Wildman–Crippen LogP) is 3.19. The number of hydrogen-bond donors (Lipinski definition) is 1. The zero-order chi connectivity index (χ0) is 12.5. The minimum Gasteiger partial charge on any atom is -0.322 e. The molecule has 2 heterocycles. The summed E-state index contributed by atoms with van der Waals surface area (Å²) in [5.41, 5.74) is 3.37. The standard InChI is InChI=1S/C13H9ClN2OS/c14-13-12-9(7-18-13)11(15-6-10(17)16-12)8-4-2-1-3-5-8/h1-5,7H,6H2,(H,16,17). The summed E-state index contributed by atoms with van der Waals surface area (Å²) in [4.78, 5) is 16.0. The van der Waals surface area contributed by atoms with Crippen LogP contribution in [0.2, 0.25) is 4.34 Å². The zero-order valence-electron chi connectivity index (χ0n) is 9.31. The molecule has 1 aliphatic rings. The number of carbonyl (C=O) groups is 1. The Kier molecular flexibility index (Phi) is 2.89. The number of halogens is 1. The quantitative estimate of drug-likeness (QED) is 0.854. The molecule has 90 valence electrons. The van der Waals surface area contributed by atoms with E-state index in [1.165, 1.54) is 11.3 Å². The number of anilines is 1. The van der Waals surface area contributed by atoms with E-state index in [2.05, 4.69) is 10.3 Å². The third-order valence-corrected chi connectivity index (χ3v) is 3.91. The third kappa shape index (κ3) is 1.94. The molecule has 0 radical (unpaired) electrons. The number of aliphatic imine (C=N–C) groups is 1. The van der Waals surface area contributed by atoms with Crippen LogP contribution in [0.4, 0.5) is 5.69 Å². The molecule has 0 unspecified atom stereocenters. The molecule has 1 N–H and O–H groups in total. The van der Waals surface area contributed by atoms with E-state index >= 15 is 0 Å². The number of nitrogens with one attached hydrogen (secondary N) is 1. The van der Waals surface area contributed by atoms with Gasteiger partial charge in [0.25, 0.3) is 0 Å². The average molecular weight is 277 g/mol. The van der Waals surface area contributed by atoms with Crippen molar-refractivity contribution < 1.29 is 4.79 Å². The molecule has 1 aliphatic heterocycles. The second kappa shape index (κ2) is 4.55. The molecule has 0 spiro atoms. The molecule has 1 aromatic carbocycles. The van der Waals surface area contributed by atoms with E-state index in [9.17, 15) is 4.79 Å². The van der Waals surface area contributed by atoms with E-state index in [-0.39, 0.29) is 12.5 Å². The molecule has 0 saturated heterocycles. The van der Waals surface area contributed by atoms with Crippen LogP contribution in [-0.4, -0.2) is 18.2 Å². The Bertz CT molecular complexity index is 634. The highest BCUT2D eigenvalue weighted by Crippen LogP contribution is 2.35. The summed E-state index contributed by atoms with van der Waals surface area (Å²) in [6.07, 6.45) is 0. The summed E-state index contributed by atoms with van der Waals surface area (Å²) in [5, 5.41) is 4.72. The first-order valence-corrected chi connectivity index (χ1v) is 6.68. The van der Waals surface area contributed by atoms with Gasteiger partial charge in [-0.15, -0.1) is 11.3 Å². The first-order chi connectivity index (χ1) is 8.75. The fourth-order valence-corrected chi connectivity index (χ4v) is 2.90. The Morgan fingerprint density at radius 1 is 1.28 bits per heavy atom. The second-order valence-electron chi connectivity index (χ2n) is 3.88. The maximum atomic E-state index is 11.6. The number of rotatable bonds is 1. The maximum absolute atomic E-state index is 11.6. The van der Waals surface area contributed by atoms with Crippen LogP contribution in [0, 0.1) is 0 Å². The largest absolute Gasteiger partial charge is 0.322 e. The minimum atomic E-state index is -0.137. The van der Waals surface area contributed by atoms with Gasteiger partial charge < -0.3 is 5.32 Å². The number of thiophene rings is 1. The van der Waals surface area contributed by atoms with Crippen LogP contribution in [0.15, 0.2) is 40.7 Å². The first-order valence-electron chi connectivity index (χ1n) is 5.43. The summed E-state index contributed by atoms with van der Waals surface area (Å²) in [7, 11) is 0. The molecule has 2 aromatic rings. The summed E-state index contributed by atoms with van der Waals surface area (Å²) < 4.78 is 0.587. The lowest BCUT2D eigenvalue weighted by Gasteiger charge is -2.05. The maximum Gasteiger partial charge on any atom is 0.246 e. The second-order valence-corrected chi connectivity index (χ2v) is 5.36. The number of carbonyl (C=O) groups excluding carboxylic acids is 1. The van der Waals surface area contributed by atoms with Crippen molar-refractivity contribution in [3.8, 4) is 0 Å². The van der Waals surface area contributed by atoms with Gasteiger partial charge in [-0.05, 0) is 0 Å². The number of hydrogen-bond acceptors (Lipinski definition) is 3. The highest BCUT2D eigenvalue weighted by molar-refractivity contribution is 7.15. The predicted molar refractivity (Wildman–Crippen MR) is 74.9 cm³/mol. The van der Waals surface area contributed by atoms with Crippen LogP contribution in [0.1, 0.15) is 11.1 Å². The van der Waals surface area contributed by atoms with E-state index in [4.69, 9.17) is 11.6 Å². The van der Waals surface area contributed by atoms with Crippen LogP contribution >= 0.6 is 22.9 Å². The van der Waals surface area contributed by atoms with Gasteiger partial charge in [-0.3, -0.25) is 9.79 Å². The lowest BCUT2D eigenvalue weighted by molar-refractivity contribution is -0.114. The molecule has 18 heavy (non-hydrogen) atoms. The van der Waals surface area contributed by atoms with Gasteiger partial charge >= 0.3 is 0 Å². The lowest BCUT2D eigenvalue weighted by Crippen LogP contribution is -2.13. The first kappa shape index (κ1) is 11.4. The average Bonchev–Trinajstić information content (AvgIpc) is 2.65. The Morgan fingerprint density at radius 3 is 2.83 bits per heavy atom. The van der Waals surface area contributed by atoms with Gasteiger partial charge in [0.1, 0.15) is 10.9 Å². The summed E-state index contributed by atoms with van der Waals surface area (Å²) in [5.74, 6) is -0.137. The summed E-state index contributed by atoms with van der Waals surface area (Å²) in [6, 6.07) is 9.80. The van der Waals surface area contributed by atoms with Crippen molar-refractivity contribution in [2.45, 2.75) is 0 Å². The lowest BCUT2D eigenvalue weighted by atomic mass is 10.0. The number of fused-ring (bicyclic) bond motifs is 1. The van der Waals surface area contributed by atoms with Gasteiger partial charge in [0, 0.05) is 16.5 Å². The van der Waals surface area contributed by atoms with Crippen molar-refractivity contribution in [1.82, 2.24) is 0 Å². The van der Waals surface area contributed by atoms with Crippen molar-refractivity contribution in [3.05, 3.63) is 51.2 Å². The molecule has 3 nitrogen and oxygen atoms in total. The third-order valence-electron chi connectivity index (χ3n) is 2.69. The molecule has 0 bridgehead atoms. The normalized spacial score (nSPS) is 14.5. The van der Waals surface area contributed by atoms with Crippen molar-refractivity contribution in [2.75, 3.05) is 11.9 Å². The van der Waals surface area contributed by atoms with Gasteiger partial charge in [0.05, 0.1) is 11.4 Å². The molecule has 0 aliphatic carbocycles. The van der Waals surface area contributed by atoms with Gasteiger partial charge in [0.15, 0.2) is 0 Å². The van der Waals surface area contributed by atoms with Crippen molar-refractivity contribution in [3.63, 3.8) is 0 Å². The Labute approximate surface area is 113 Å². The molecular weight excluding hydrogens is 268 g/mol. The van der Waals surface area contributed by atoms with Crippen LogP contribution in [0.3, 0.4) is 0 Å².